The van der Waals surface area contributed by atoms with E-state index in [1.165, 1.54) is 80.4 Å². The lowest BCUT2D eigenvalue weighted by Crippen LogP contribution is -2.46. The van der Waals surface area contributed by atoms with Crippen molar-refractivity contribution >= 4 is 104 Å². The van der Waals surface area contributed by atoms with Gasteiger partial charge in [0, 0.05) is 96.2 Å². The Balaban J connectivity index is 0.00000158. The molecule has 5 saturated heterocycles. The summed E-state index contributed by atoms with van der Waals surface area (Å²) < 4.78 is 40.7. The molecule has 4 amide bonds. The van der Waals surface area contributed by atoms with Crippen molar-refractivity contribution in [2.45, 2.75) is 295 Å². The monoisotopic (exact) mass is 1920 g/mol. The number of aliphatic hydroxyl groups excluding tert-OH is 1. The predicted molar refractivity (Wildman–Crippen MR) is 550 cm³/mol. The van der Waals surface area contributed by atoms with Crippen LogP contribution in [0.2, 0.25) is 0 Å². The van der Waals surface area contributed by atoms with Gasteiger partial charge in [0.2, 0.25) is 0 Å². The van der Waals surface area contributed by atoms with Gasteiger partial charge >= 0.3 is 36.7 Å². The maximum atomic E-state index is 13.1. The lowest BCUT2D eigenvalue weighted by Gasteiger charge is -2.36. The van der Waals surface area contributed by atoms with Gasteiger partial charge < -0.3 is 89.1 Å². The Bertz CT molecular complexity index is 3950. The van der Waals surface area contributed by atoms with Crippen LogP contribution in [0, 0.1) is 47.3 Å². The van der Waals surface area contributed by atoms with Gasteiger partial charge in [0.1, 0.15) is 39.9 Å². The van der Waals surface area contributed by atoms with Gasteiger partial charge in [-0.1, -0.05) is 192 Å². The van der Waals surface area contributed by atoms with Gasteiger partial charge in [0.25, 0.3) is 0 Å². The first-order chi connectivity index (χ1) is 60.0. The van der Waals surface area contributed by atoms with Crippen LogP contribution < -0.4 is 21.7 Å². The summed E-state index contributed by atoms with van der Waals surface area (Å²) in [6.07, 6.45) is 31.1. The zero-order valence-corrected chi connectivity index (χ0v) is 83.9. The molecule has 24 nitrogen and oxygen atoms in total. The molecule has 5 heterocycles. The first kappa shape index (κ1) is 125. The Morgan fingerprint density at radius 1 is 0.421 bits per heavy atom. The molecule has 27 heteroatoms. The molecule has 9 aliphatic rings. The Morgan fingerprint density at radius 2 is 0.722 bits per heavy atom. The molecule has 6 N–H and O–H groups in total. The van der Waals surface area contributed by atoms with Gasteiger partial charge in [-0.15, -0.1) is 37.2 Å². The SMILES string of the molecule is C.C.C.C(=C/C1CC1NCC1CCNCC1)/c1ccccc1.C1CCOC1.CC(C)(C)OC(=O)N1CCC(C=O)CC1.CC(C)(C)OC(=O)N1CCC(CN(C(=O)OC(C)(C)C)C2CC2/C=C\c2ccccc2)CC1.CC(C)(C)OC(=O)N1CCC(CNC2CC2/C=C\c2ccccc2)CC1.CC(C)(C)OC(=O)OC(=O)OC(C)(C)C.CO.Cl.Cl.Cl.NC1CC1/C=C\c1ccccc1. The van der Waals surface area contributed by atoms with Crippen LogP contribution in [0.25, 0.3) is 24.3 Å². The largest absolute Gasteiger partial charge is 0.519 e. The Labute approximate surface area is 819 Å². The topological polar surface area (TPSA) is 289 Å². The smallest absolute Gasteiger partial charge is 0.444 e. The van der Waals surface area contributed by atoms with Crippen molar-refractivity contribution in [3.05, 3.63) is 168 Å². The molecular weight excluding hydrogens is 1750 g/mol. The number of carbonyl (C=O) groups excluding carboxylic acids is 7. The molecule has 13 rings (SSSR count). The summed E-state index contributed by atoms with van der Waals surface area (Å²) in [7, 11) is 1.00. The molecule has 4 aliphatic carbocycles. The van der Waals surface area contributed by atoms with E-state index in [1.54, 1.807) is 51.3 Å². The number of piperidine rings is 4. The van der Waals surface area contributed by atoms with Crippen molar-refractivity contribution in [1.29, 1.82) is 0 Å². The fraction of sp³-hybridized carbons (Fsp3) is 0.632. The van der Waals surface area contributed by atoms with E-state index in [0.29, 0.717) is 74.4 Å². The lowest BCUT2D eigenvalue weighted by atomic mass is 9.96. The van der Waals surface area contributed by atoms with Gasteiger partial charge in [-0.05, 0) is 304 Å². The Kier molecular flexibility index (Phi) is 58.9. The summed E-state index contributed by atoms with van der Waals surface area (Å²) in [5.74, 6) is 4.40. The minimum atomic E-state index is -1.06. The standard InChI is InChI=1S/C27H40N2O4.C22H32N2O2.C17H24N2.C11H19NO3.C11H13N.C10H18O5.C4H8O.CH4O.3CH4.3ClH/c1-26(2,3)32-24(30)28-16-14-21(15-17-28)19-29(25(31)33-27(4,5)6)23-18-22(23)13-12-20-10-8-7-9-11-20;1-22(2,3)26-21(25)24-13-11-18(12-14-24)16-23-20-15-19(20)10-9-17-7-5-4-6-8-17;1-2-4-14(5-3-1)6-7-16-12-17(16)19-13-15-8-10-18-11-9-15;1-11(2,3)15-10(14)12-6-4-9(8-13)5-7-12;12-11-8-10(11)7-6-9-4-2-1-3-5-9;1-9(2,3)14-7(11)13-8(12)15-10(4,5)6;1-2-4-5-3-1;1-2;;;;;;/h7-13,21-23H,14-19H2,1-6H3;4-10,18-20,23H,11-16H2,1-3H3;1-7,15-19H,8-13H2;8-9H,4-7H2,1-3H3;1-7,10-11H,8,12H2;1-6H3;1-4H2;2H,1H3;3*1H4;3*1H/b13-12-;10-9-;7-6-;;7-6-;;;;;;;;;. The number of aldehydes is 1. The average molecular weight is 1920 g/mol. The fourth-order valence-corrected chi connectivity index (χ4v) is 14.3. The minimum absolute atomic E-state index is 0. The van der Waals surface area contributed by atoms with E-state index in [9.17, 15) is 33.6 Å². The number of aliphatic hydroxyl groups is 1. The van der Waals surface area contributed by atoms with Crippen molar-refractivity contribution in [3.63, 3.8) is 0 Å². The van der Waals surface area contributed by atoms with Crippen LogP contribution in [0.1, 0.15) is 259 Å². The van der Waals surface area contributed by atoms with Crippen LogP contribution in [0.5, 0.6) is 0 Å². The van der Waals surface area contributed by atoms with Gasteiger partial charge in [-0.3, -0.25) is 0 Å². The second-order valence-electron chi connectivity index (χ2n) is 40.4. The number of nitrogens with two attached hydrogens (primary N) is 1. The molecular formula is C106H173Cl3N8O16. The number of halogens is 3. The Morgan fingerprint density at radius 3 is 1.02 bits per heavy atom. The number of carbonyl (C=O) groups is 7. The third-order valence-electron chi connectivity index (χ3n) is 21.7. The van der Waals surface area contributed by atoms with Gasteiger partial charge in [-0.25, -0.2) is 28.8 Å². The van der Waals surface area contributed by atoms with E-state index in [4.69, 9.17) is 44.0 Å². The number of nitrogens with one attached hydrogen (secondary N) is 3. The number of ether oxygens (including phenoxy) is 8. The molecule has 754 valence electrons. The highest BCUT2D eigenvalue weighted by atomic mass is 35.5. The molecule has 0 aromatic heterocycles. The summed E-state index contributed by atoms with van der Waals surface area (Å²) in [5.41, 5.74) is 7.42. The van der Waals surface area contributed by atoms with Crippen LogP contribution >= 0.6 is 37.2 Å². The maximum absolute atomic E-state index is 13.1. The fourth-order valence-electron chi connectivity index (χ4n) is 14.3. The van der Waals surface area contributed by atoms with Crippen LogP contribution in [0.3, 0.4) is 0 Å². The molecule has 4 saturated carbocycles. The first-order valence-corrected chi connectivity index (χ1v) is 46.4. The minimum Gasteiger partial charge on any atom is -0.444 e. The summed E-state index contributed by atoms with van der Waals surface area (Å²) in [6.45, 7) is 44.2. The van der Waals surface area contributed by atoms with E-state index in [-0.39, 0.29) is 95.8 Å². The summed E-state index contributed by atoms with van der Waals surface area (Å²) in [4.78, 5) is 88.9. The second-order valence-corrected chi connectivity index (χ2v) is 40.4. The Hall–Kier alpha value is -8.04. The molecule has 0 bridgehead atoms. The van der Waals surface area contributed by atoms with E-state index in [0.717, 1.165) is 115 Å². The van der Waals surface area contributed by atoms with Crippen LogP contribution in [-0.4, -0.2) is 218 Å². The van der Waals surface area contributed by atoms with Crippen LogP contribution in [0.4, 0.5) is 28.8 Å². The number of likely N-dealkylation sites (tertiary alicyclic amines) is 3. The molecule has 9 fully saturated rings. The highest BCUT2D eigenvalue weighted by molar-refractivity contribution is 5.86. The van der Waals surface area contributed by atoms with Crippen molar-refractivity contribution in [2.24, 2.45) is 53.1 Å². The van der Waals surface area contributed by atoms with Gasteiger partial charge in [-0.2, -0.15) is 0 Å². The van der Waals surface area contributed by atoms with E-state index < -0.39 is 45.9 Å². The molecule has 0 spiro atoms. The average Bonchev–Trinajstić information content (AvgIpc) is 1.65. The van der Waals surface area contributed by atoms with E-state index >= 15 is 0 Å². The van der Waals surface area contributed by atoms with Crippen LogP contribution in [-0.2, 0) is 42.7 Å². The normalized spacial score (nSPS) is 21.0. The molecule has 5 aliphatic heterocycles. The third-order valence-corrected chi connectivity index (χ3v) is 21.7. The highest BCUT2D eigenvalue weighted by Crippen LogP contribution is 2.40. The number of nitrogens with zero attached hydrogens (tertiary/aromatic N) is 4. The summed E-state index contributed by atoms with van der Waals surface area (Å²) in [6, 6.07) is 43.6. The second kappa shape index (κ2) is 62.6. The molecule has 4 aromatic rings. The molecule has 133 heavy (non-hydrogen) atoms. The first-order valence-electron chi connectivity index (χ1n) is 46.4. The highest BCUT2D eigenvalue weighted by Gasteiger charge is 2.45. The van der Waals surface area contributed by atoms with E-state index in [2.05, 4.69) is 148 Å². The predicted octanol–water partition coefficient (Wildman–Crippen LogP) is 23.3. The zero-order chi connectivity index (χ0) is 93.4. The van der Waals surface area contributed by atoms with Crippen molar-refractivity contribution in [3.8, 4) is 0 Å². The van der Waals surface area contributed by atoms with Gasteiger partial charge in [0.05, 0.1) is 0 Å². The van der Waals surface area contributed by atoms with Crippen molar-refractivity contribution in [2.75, 3.05) is 92.3 Å². The number of hydrogen-bond donors (Lipinski definition) is 5. The van der Waals surface area contributed by atoms with Crippen molar-refractivity contribution < 1.29 is 76.6 Å². The lowest BCUT2D eigenvalue weighted by molar-refractivity contribution is -0.112. The quantitative estimate of drug-likeness (QED) is 0.0268. The molecule has 4 aromatic carbocycles. The zero-order valence-electron chi connectivity index (χ0n) is 81.4. The number of benzene rings is 4. The maximum Gasteiger partial charge on any atom is 0.519 e. The molecule has 8 atom stereocenters. The van der Waals surface area contributed by atoms with Crippen molar-refractivity contribution in [1.82, 2.24) is 35.6 Å². The number of amides is 4. The molecule has 8 unspecified atom stereocenters. The third kappa shape index (κ3) is 56.3. The van der Waals surface area contributed by atoms with E-state index in [1.807, 2.05) is 135 Å². The summed E-state index contributed by atoms with van der Waals surface area (Å²) in [5, 5.41) is 17.9. The molecule has 0 radical (unpaired) electrons. The summed E-state index contributed by atoms with van der Waals surface area (Å²) >= 11 is 0. The van der Waals surface area contributed by atoms with Crippen LogP contribution in [0.15, 0.2) is 146 Å². The number of hydrogen-bond acceptors (Lipinski definition) is 20. The number of rotatable bonds is 18. The van der Waals surface area contributed by atoms with Gasteiger partial charge in [0.15, 0.2) is 0 Å².